The van der Waals surface area contributed by atoms with E-state index in [2.05, 4.69) is 29.6 Å². The molecule has 0 aromatic heterocycles. The smallest absolute Gasteiger partial charge is 0.0631 e. The van der Waals surface area contributed by atoms with Gasteiger partial charge < -0.3 is 10.4 Å². The van der Waals surface area contributed by atoms with E-state index in [0.29, 0.717) is 0 Å². The third-order valence-electron chi connectivity index (χ3n) is 2.31. The monoisotopic (exact) mass is 225 g/mol. The minimum absolute atomic E-state index is 0.236. The van der Waals surface area contributed by atoms with Crippen LogP contribution in [-0.4, -0.2) is 23.5 Å². The van der Waals surface area contributed by atoms with Crippen LogP contribution >= 0.6 is 11.8 Å². The van der Waals surface area contributed by atoms with Crippen molar-refractivity contribution in [1.29, 1.82) is 0 Å². The molecule has 0 fully saturated rings. The Morgan fingerprint density at radius 1 is 1.27 bits per heavy atom. The molecule has 0 heterocycles. The molecular weight excluding hydrogens is 206 g/mol. The Labute approximate surface area is 96.1 Å². The van der Waals surface area contributed by atoms with E-state index in [-0.39, 0.29) is 11.4 Å². The number of nitrogens with one attached hydrogen (secondary N) is 1. The lowest BCUT2D eigenvalue weighted by Gasteiger charge is -2.14. The maximum atomic E-state index is 9.39. The molecule has 0 aliphatic rings. The second-order valence-corrected chi connectivity index (χ2v) is 5.19. The Morgan fingerprint density at radius 3 is 2.33 bits per heavy atom. The van der Waals surface area contributed by atoms with Gasteiger partial charge in [-0.05, 0) is 31.7 Å². The summed E-state index contributed by atoms with van der Waals surface area (Å²) in [5.41, 5.74) is 1.28. The number of hydrogen-bond acceptors (Lipinski definition) is 3. The fourth-order valence-corrected chi connectivity index (χ4v) is 2.12. The quantitative estimate of drug-likeness (QED) is 0.754. The van der Waals surface area contributed by atoms with Crippen LogP contribution in [0.4, 0.5) is 0 Å². The Hall–Kier alpha value is -0.510. The first kappa shape index (κ1) is 12.6. The Morgan fingerprint density at radius 2 is 1.87 bits per heavy atom. The molecule has 0 radical (unpaired) electrons. The Kier molecular flexibility index (Phi) is 5.15. The van der Waals surface area contributed by atoms with Crippen molar-refractivity contribution in [3.05, 3.63) is 29.8 Å². The highest BCUT2D eigenvalue weighted by Crippen LogP contribution is 2.25. The molecule has 0 aliphatic heterocycles. The van der Waals surface area contributed by atoms with Crippen molar-refractivity contribution in [1.82, 2.24) is 5.32 Å². The molecule has 3 heteroatoms. The Balaban J connectivity index is 2.56. The fraction of sp³-hybridized carbons (Fsp3) is 0.500. The van der Waals surface area contributed by atoms with E-state index in [4.69, 9.17) is 0 Å². The molecule has 0 bridgehead atoms. The van der Waals surface area contributed by atoms with E-state index >= 15 is 0 Å². The van der Waals surface area contributed by atoms with Gasteiger partial charge in [-0.1, -0.05) is 19.1 Å². The van der Waals surface area contributed by atoms with E-state index in [9.17, 15) is 5.11 Å². The molecule has 0 aliphatic carbocycles. The second kappa shape index (κ2) is 6.16. The van der Waals surface area contributed by atoms with Crippen LogP contribution in [0.5, 0.6) is 0 Å². The van der Waals surface area contributed by atoms with Gasteiger partial charge in [-0.2, -0.15) is 0 Å². The van der Waals surface area contributed by atoms with Crippen LogP contribution in [0.3, 0.4) is 0 Å². The zero-order valence-corrected chi connectivity index (χ0v) is 10.3. The van der Waals surface area contributed by atoms with Crippen LogP contribution in [0.15, 0.2) is 29.2 Å². The lowest BCUT2D eigenvalue weighted by Crippen LogP contribution is -2.14. The SMILES string of the molecule is CNCc1ccc(SC(C)C(C)O)cc1. The van der Waals surface area contributed by atoms with Gasteiger partial charge in [0.2, 0.25) is 0 Å². The van der Waals surface area contributed by atoms with Crippen molar-refractivity contribution in [3.63, 3.8) is 0 Å². The molecule has 1 aromatic rings. The van der Waals surface area contributed by atoms with Crippen LogP contribution in [0.1, 0.15) is 19.4 Å². The molecular formula is C12H19NOS. The van der Waals surface area contributed by atoms with Gasteiger partial charge >= 0.3 is 0 Å². The van der Waals surface area contributed by atoms with Crippen LogP contribution in [0, 0.1) is 0 Å². The average Bonchev–Trinajstić information content (AvgIpc) is 2.21. The van der Waals surface area contributed by atoms with Gasteiger partial charge in [0.25, 0.3) is 0 Å². The van der Waals surface area contributed by atoms with Crippen molar-refractivity contribution >= 4 is 11.8 Å². The Bertz CT molecular complexity index is 284. The van der Waals surface area contributed by atoms with Crippen LogP contribution in [0.25, 0.3) is 0 Å². The van der Waals surface area contributed by atoms with E-state index in [1.807, 2.05) is 20.9 Å². The predicted octanol–water partition coefficient (Wildman–Crippen LogP) is 2.27. The van der Waals surface area contributed by atoms with E-state index in [1.165, 1.54) is 10.5 Å². The number of thioether (sulfide) groups is 1. The normalized spacial score (nSPS) is 14.9. The van der Waals surface area contributed by atoms with Gasteiger partial charge in [0.1, 0.15) is 0 Å². The van der Waals surface area contributed by atoms with Crippen molar-refractivity contribution in [2.45, 2.75) is 36.6 Å². The fourth-order valence-electron chi connectivity index (χ4n) is 1.20. The first-order valence-corrected chi connectivity index (χ1v) is 6.09. The van der Waals surface area contributed by atoms with E-state index < -0.39 is 0 Å². The van der Waals surface area contributed by atoms with Crippen molar-refractivity contribution in [2.75, 3.05) is 7.05 Å². The van der Waals surface area contributed by atoms with Gasteiger partial charge in [0, 0.05) is 16.7 Å². The molecule has 2 atom stereocenters. The molecule has 0 saturated carbocycles. The molecule has 2 unspecified atom stereocenters. The predicted molar refractivity (Wildman–Crippen MR) is 66.2 cm³/mol. The molecule has 1 aromatic carbocycles. The molecule has 0 spiro atoms. The third-order valence-corrected chi connectivity index (χ3v) is 3.62. The molecule has 15 heavy (non-hydrogen) atoms. The van der Waals surface area contributed by atoms with Gasteiger partial charge in [-0.25, -0.2) is 0 Å². The average molecular weight is 225 g/mol. The summed E-state index contributed by atoms with van der Waals surface area (Å²) < 4.78 is 0. The third kappa shape index (κ3) is 4.24. The van der Waals surface area contributed by atoms with Gasteiger partial charge in [0.15, 0.2) is 0 Å². The van der Waals surface area contributed by atoms with Gasteiger partial charge in [-0.3, -0.25) is 0 Å². The summed E-state index contributed by atoms with van der Waals surface area (Å²) in [5, 5.41) is 12.7. The summed E-state index contributed by atoms with van der Waals surface area (Å²) in [4.78, 5) is 1.21. The summed E-state index contributed by atoms with van der Waals surface area (Å²) in [6, 6.07) is 8.45. The summed E-state index contributed by atoms with van der Waals surface area (Å²) in [6.07, 6.45) is -0.271. The van der Waals surface area contributed by atoms with Gasteiger partial charge in [-0.15, -0.1) is 11.8 Å². The summed E-state index contributed by atoms with van der Waals surface area (Å²) in [5.74, 6) is 0. The van der Waals surface area contributed by atoms with E-state index in [0.717, 1.165) is 6.54 Å². The number of aliphatic hydroxyl groups excluding tert-OH is 1. The van der Waals surface area contributed by atoms with Gasteiger partial charge in [0.05, 0.1) is 6.10 Å². The van der Waals surface area contributed by atoms with Crippen molar-refractivity contribution in [2.24, 2.45) is 0 Å². The summed E-state index contributed by atoms with van der Waals surface area (Å²) >= 11 is 1.71. The van der Waals surface area contributed by atoms with Crippen LogP contribution in [0.2, 0.25) is 0 Å². The lowest BCUT2D eigenvalue weighted by molar-refractivity contribution is 0.196. The largest absolute Gasteiger partial charge is 0.392 e. The first-order valence-electron chi connectivity index (χ1n) is 5.21. The number of rotatable bonds is 5. The number of aliphatic hydroxyl groups is 1. The highest BCUT2D eigenvalue weighted by atomic mass is 32.2. The molecule has 1 rings (SSSR count). The maximum Gasteiger partial charge on any atom is 0.0631 e. The minimum atomic E-state index is -0.271. The summed E-state index contributed by atoms with van der Waals surface area (Å²) in [6.45, 7) is 4.76. The maximum absolute atomic E-state index is 9.39. The summed E-state index contributed by atoms with van der Waals surface area (Å²) in [7, 11) is 1.94. The lowest BCUT2D eigenvalue weighted by atomic mass is 10.2. The van der Waals surface area contributed by atoms with Crippen LogP contribution in [-0.2, 0) is 6.54 Å². The first-order chi connectivity index (χ1) is 7.13. The zero-order chi connectivity index (χ0) is 11.3. The standard InChI is InChI=1S/C12H19NOS/c1-9(14)10(2)15-12-6-4-11(5-7-12)8-13-3/h4-7,9-10,13-14H,8H2,1-3H3. The van der Waals surface area contributed by atoms with Crippen LogP contribution < -0.4 is 5.32 Å². The minimum Gasteiger partial charge on any atom is -0.392 e. The highest BCUT2D eigenvalue weighted by molar-refractivity contribution is 8.00. The van der Waals surface area contributed by atoms with Crippen molar-refractivity contribution < 1.29 is 5.11 Å². The van der Waals surface area contributed by atoms with Crippen molar-refractivity contribution in [3.8, 4) is 0 Å². The zero-order valence-electron chi connectivity index (χ0n) is 9.53. The second-order valence-electron chi connectivity index (χ2n) is 3.74. The topological polar surface area (TPSA) is 32.3 Å². The molecule has 0 amide bonds. The molecule has 2 N–H and O–H groups in total. The number of benzene rings is 1. The molecule has 84 valence electrons. The molecule has 2 nitrogen and oxygen atoms in total. The van der Waals surface area contributed by atoms with E-state index in [1.54, 1.807) is 11.8 Å². The molecule has 0 saturated heterocycles. The number of hydrogen-bond donors (Lipinski definition) is 2. The highest BCUT2D eigenvalue weighted by Gasteiger charge is 2.09.